The molecule has 4 heteroatoms. The molecule has 0 saturated heterocycles. The van der Waals surface area contributed by atoms with Crippen molar-refractivity contribution in [2.45, 2.75) is 13.8 Å². The number of rotatable bonds is 5. The van der Waals surface area contributed by atoms with Crippen LogP contribution in [0.5, 0.6) is 5.75 Å². The second-order valence-electron chi connectivity index (χ2n) is 6.40. The first kappa shape index (κ1) is 17.7. The highest BCUT2D eigenvalue weighted by Gasteiger charge is 2.20. The molecule has 0 aromatic heterocycles. The molecule has 0 aliphatic rings. The van der Waals surface area contributed by atoms with Gasteiger partial charge < -0.3 is 9.47 Å². The summed E-state index contributed by atoms with van der Waals surface area (Å²) in [5.74, 6) is -0.435. The van der Waals surface area contributed by atoms with Crippen molar-refractivity contribution in [3.63, 3.8) is 0 Å². The van der Waals surface area contributed by atoms with Gasteiger partial charge in [0, 0.05) is 5.39 Å². The third-order valence-corrected chi connectivity index (χ3v) is 3.87. The third kappa shape index (κ3) is 3.91. The highest BCUT2D eigenvalue weighted by atomic mass is 16.5. The topological polar surface area (TPSA) is 52.6 Å². The van der Waals surface area contributed by atoms with Crippen molar-refractivity contribution < 1.29 is 19.1 Å². The molecule has 4 nitrogen and oxygen atoms in total. The van der Waals surface area contributed by atoms with Crippen molar-refractivity contribution in [3.8, 4) is 5.75 Å². The number of esters is 2. The van der Waals surface area contributed by atoms with Crippen LogP contribution in [-0.2, 0) is 4.74 Å². The molecular formula is C22H20O4. The van der Waals surface area contributed by atoms with Crippen LogP contribution in [0.15, 0.2) is 66.7 Å². The Kier molecular flexibility index (Phi) is 5.32. The Morgan fingerprint density at radius 1 is 0.808 bits per heavy atom. The molecule has 132 valence electrons. The van der Waals surface area contributed by atoms with E-state index in [0.29, 0.717) is 12.4 Å². The van der Waals surface area contributed by atoms with E-state index >= 15 is 0 Å². The summed E-state index contributed by atoms with van der Waals surface area (Å²) in [4.78, 5) is 25.0. The van der Waals surface area contributed by atoms with Gasteiger partial charge in [-0.25, -0.2) is 9.59 Å². The van der Waals surface area contributed by atoms with E-state index in [1.165, 1.54) is 0 Å². The summed E-state index contributed by atoms with van der Waals surface area (Å²) >= 11 is 0. The van der Waals surface area contributed by atoms with Crippen LogP contribution in [0.2, 0.25) is 0 Å². The van der Waals surface area contributed by atoms with Crippen molar-refractivity contribution >= 4 is 22.7 Å². The molecular weight excluding hydrogens is 328 g/mol. The van der Waals surface area contributed by atoms with Gasteiger partial charge in [0.1, 0.15) is 5.75 Å². The lowest BCUT2D eigenvalue weighted by molar-refractivity contribution is 0.0452. The van der Waals surface area contributed by atoms with Gasteiger partial charge in [-0.05, 0) is 29.5 Å². The van der Waals surface area contributed by atoms with Gasteiger partial charge in [0.15, 0.2) is 0 Å². The first-order chi connectivity index (χ1) is 12.6. The standard InChI is InChI=1S/C22H20O4/c1-15(2)14-25-21(23)18-11-5-6-12-19(18)22(24)26-20-13-7-9-16-8-3-4-10-17(16)20/h3-13,15H,14H2,1-2H3. The minimum atomic E-state index is -0.585. The van der Waals surface area contributed by atoms with Crippen molar-refractivity contribution in [2.75, 3.05) is 6.61 Å². The van der Waals surface area contributed by atoms with Crippen molar-refractivity contribution in [3.05, 3.63) is 77.9 Å². The smallest absolute Gasteiger partial charge is 0.344 e. The van der Waals surface area contributed by atoms with Crippen LogP contribution in [0.1, 0.15) is 34.6 Å². The van der Waals surface area contributed by atoms with E-state index in [1.807, 2.05) is 50.2 Å². The number of hydrogen-bond acceptors (Lipinski definition) is 4. The Hall–Kier alpha value is -3.14. The summed E-state index contributed by atoms with van der Waals surface area (Å²) in [5.41, 5.74) is 0.396. The maximum Gasteiger partial charge on any atom is 0.344 e. The molecule has 0 amide bonds. The molecule has 0 fully saturated rings. The summed E-state index contributed by atoms with van der Waals surface area (Å²) in [6.45, 7) is 4.20. The van der Waals surface area contributed by atoms with Crippen LogP contribution < -0.4 is 4.74 Å². The van der Waals surface area contributed by atoms with E-state index in [9.17, 15) is 9.59 Å². The Morgan fingerprint density at radius 3 is 2.15 bits per heavy atom. The number of hydrogen-bond donors (Lipinski definition) is 0. The van der Waals surface area contributed by atoms with Gasteiger partial charge >= 0.3 is 11.9 Å². The summed E-state index contributed by atoms with van der Waals surface area (Å²) in [5, 5.41) is 1.81. The molecule has 0 radical (unpaired) electrons. The summed E-state index contributed by atoms with van der Waals surface area (Å²) < 4.78 is 10.8. The fourth-order valence-electron chi connectivity index (χ4n) is 2.60. The molecule has 0 atom stereocenters. The molecule has 0 aliphatic carbocycles. The lowest BCUT2D eigenvalue weighted by atomic mass is 10.1. The highest BCUT2D eigenvalue weighted by molar-refractivity contribution is 6.04. The van der Waals surface area contributed by atoms with E-state index in [0.717, 1.165) is 10.8 Å². The summed E-state index contributed by atoms with van der Waals surface area (Å²) in [7, 11) is 0. The van der Waals surface area contributed by atoms with E-state index < -0.39 is 11.9 Å². The molecule has 0 bridgehead atoms. The molecule has 26 heavy (non-hydrogen) atoms. The Morgan fingerprint density at radius 2 is 1.42 bits per heavy atom. The van der Waals surface area contributed by atoms with E-state index in [4.69, 9.17) is 9.47 Å². The number of carbonyl (C=O) groups excluding carboxylic acids is 2. The van der Waals surface area contributed by atoms with Crippen molar-refractivity contribution in [1.29, 1.82) is 0 Å². The van der Waals surface area contributed by atoms with Crippen LogP contribution in [-0.4, -0.2) is 18.5 Å². The average Bonchev–Trinajstić information content (AvgIpc) is 2.66. The number of carbonyl (C=O) groups is 2. The van der Waals surface area contributed by atoms with Crippen LogP contribution >= 0.6 is 0 Å². The Bertz CT molecular complexity index is 938. The second kappa shape index (κ2) is 7.83. The molecule has 0 spiro atoms. The maximum atomic E-state index is 12.7. The van der Waals surface area contributed by atoms with E-state index in [1.54, 1.807) is 30.3 Å². The summed E-state index contributed by atoms with van der Waals surface area (Å²) in [6.07, 6.45) is 0. The molecule has 3 aromatic rings. The second-order valence-corrected chi connectivity index (χ2v) is 6.40. The largest absolute Gasteiger partial charge is 0.462 e. The van der Waals surface area contributed by atoms with Crippen LogP contribution in [0, 0.1) is 5.92 Å². The molecule has 3 rings (SSSR count). The maximum absolute atomic E-state index is 12.7. The van der Waals surface area contributed by atoms with Gasteiger partial charge in [0.2, 0.25) is 0 Å². The monoisotopic (exact) mass is 348 g/mol. The Balaban J connectivity index is 1.87. The first-order valence-corrected chi connectivity index (χ1v) is 8.52. The number of fused-ring (bicyclic) bond motifs is 1. The van der Waals surface area contributed by atoms with Crippen molar-refractivity contribution in [2.24, 2.45) is 5.92 Å². The van der Waals surface area contributed by atoms with Crippen LogP contribution in [0.4, 0.5) is 0 Å². The number of benzene rings is 3. The fourth-order valence-corrected chi connectivity index (χ4v) is 2.60. The third-order valence-electron chi connectivity index (χ3n) is 3.87. The molecule has 0 saturated carbocycles. The normalized spacial score (nSPS) is 10.7. The lowest BCUT2D eigenvalue weighted by Gasteiger charge is -2.11. The summed E-state index contributed by atoms with van der Waals surface area (Å²) in [6, 6.07) is 19.7. The van der Waals surface area contributed by atoms with E-state index in [-0.39, 0.29) is 17.0 Å². The molecule has 0 unspecified atom stereocenters. The number of ether oxygens (including phenoxy) is 2. The molecule has 0 N–H and O–H groups in total. The van der Waals surface area contributed by atoms with Crippen LogP contribution in [0.3, 0.4) is 0 Å². The highest BCUT2D eigenvalue weighted by Crippen LogP contribution is 2.26. The van der Waals surface area contributed by atoms with Crippen LogP contribution in [0.25, 0.3) is 10.8 Å². The quantitative estimate of drug-likeness (QED) is 0.487. The first-order valence-electron chi connectivity index (χ1n) is 8.52. The lowest BCUT2D eigenvalue weighted by Crippen LogP contribution is -2.17. The minimum absolute atomic E-state index is 0.189. The zero-order valence-corrected chi connectivity index (χ0v) is 14.8. The predicted octanol–water partition coefficient (Wildman–Crippen LogP) is 4.87. The van der Waals surface area contributed by atoms with Gasteiger partial charge in [-0.3, -0.25) is 0 Å². The van der Waals surface area contributed by atoms with Crippen molar-refractivity contribution in [1.82, 2.24) is 0 Å². The molecule has 3 aromatic carbocycles. The molecule has 0 heterocycles. The van der Waals surface area contributed by atoms with E-state index in [2.05, 4.69) is 0 Å². The Labute approximate surface area is 152 Å². The SMILES string of the molecule is CC(C)COC(=O)c1ccccc1C(=O)Oc1cccc2ccccc12. The zero-order chi connectivity index (χ0) is 18.5. The predicted molar refractivity (Wildman–Crippen MR) is 100 cm³/mol. The zero-order valence-electron chi connectivity index (χ0n) is 14.8. The van der Waals surface area contributed by atoms with Gasteiger partial charge in [0.05, 0.1) is 17.7 Å². The average molecular weight is 348 g/mol. The van der Waals surface area contributed by atoms with Gasteiger partial charge in [-0.1, -0.05) is 62.4 Å². The van der Waals surface area contributed by atoms with Gasteiger partial charge in [0.25, 0.3) is 0 Å². The van der Waals surface area contributed by atoms with Gasteiger partial charge in [-0.15, -0.1) is 0 Å². The minimum Gasteiger partial charge on any atom is -0.462 e. The van der Waals surface area contributed by atoms with Gasteiger partial charge in [-0.2, -0.15) is 0 Å². The molecule has 0 aliphatic heterocycles. The fraction of sp³-hybridized carbons (Fsp3) is 0.182.